The average Bonchev–Trinajstić information content (AvgIpc) is 3.24. The molecule has 0 saturated carbocycles. The Bertz CT molecular complexity index is 645. The predicted molar refractivity (Wildman–Crippen MR) is 93.8 cm³/mol. The number of fused-ring (bicyclic) bond motifs is 1. The van der Waals surface area contributed by atoms with Crippen molar-refractivity contribution < 1.29 is 4.74 Å². The maximum atomic E-state index is 6.06. The summed E-state index contributed by atoms with van der Waals surface area (Å²) in [5, 5.41) is 5.65. The number of likely N-dealkylation sites (tertiary alicyclic amines) is 1. The zero-order chi connectivity index (χ0) is 15.6. The summed E-state index contributed by atoms with van der Waals surface area (Å²) in [4.78, 5) is 8.39. The SMILES string of the molecule is Cc1ccsc1CN1C[C@@H]2[C@@H](CNc3ccccn3)CO[C@@H]2C1. The first-order valence-corrected chi connectivity index (χ1v) is 9.19. The second kappa shape index (κ2) is 6.59. The normalized spacial score (nSPS) is 27.3. The number of aromatic nitrogens is 1. The number of anilines is 1. The van der Waals surface area contributed by atoms with Gasteiger partial charge in [-0.25, -0.2) is 4.98 Å². The molecule has 1 N–H and O–H groups in total. The second-order valence-electron chi connectivity index (χ2n) is 6.61. The molecule has 0 amide bonds. The van der Waals surface area contributed by atoms with Crippen molar-refractivity contribution in [1.82, 2.24) is 9.88 Å². The van der Waals surface area contributed by atoms with Gasteiger partial charge in [0, 0.05) is 49.1 Å². The fraction of sp³-hybridized carbons (Fsp3) is 0.500. The Labute approximate surface area is 141 Å². The van der Waals surface area contributed by atoms with Gasteiger partial charge in [0.2, 0.25) is 0 Å². The lowest BCUT2D eigenvalue weighted by Gasteiger charge is -2.20. The number of hydrogen-bond donors (Lipinski definition) is 1. The molecule has 2 aromatic rings. The summed E-state index contributed by atoms with van der Waals surface area (Å²) in [7, 11) is 0. The number of ether oxygens (including phenoxy) is 1. The van der Waals surface area contributed by atoms with Crippen molar-refractivity contribution in [3.05, 3.63) is 46.3 Å². The molecule has 0 aliphatic carbocycles. The number of nitrogens with one attached hydrogen (secondary N) is 1. The van der Waals surface area contributed by atoms with E-state index in [-0.39, 0.29) is 0 Å². The van der Waals surface area contributed by atoms with Gasteiger partial charge in [-0.15, -0.1) is 11.3 Å². The van der Waals surface area contributed by atoms with E-state index >= 15 is 0 Å². The number of hydrogen-bond acceptors (Lipinski definition) is 5. The quantitative estimate of drug-likeness (QED) is 0.915. The van der Waals surface area contributed by atoms with Crippen molar-refractivity contribution in [2.24, 2.45) is 11.8 Å². The summed E-state index contributed by atoms with van der Waals surface area (Å²) in [5.74, 6) is 2.18. The molecule has 4 rings (SSSR count). The van der Waals surface area contributed by atoms with Crippen LogP contribution in [0.2, 0.25) is 0 Å². The second-order valence-corrected chi connectivity index (χ2v) is 7.61. The molecule has 2 aliphatic rings. The highest BCUT2D eigenvalue weighted by Crippen LogP contribution is 2.35. The lowest BCUT2D eigenvalue weighted by molar-refractivity contribution is 0.0947. The molecule has 0 unspecified atom stereocenters. The largest absolute Gasteiger partial charge is 0.376 e. The summed E-state index contributed by atoms with van der Waals surface area (Å²) in [6, 6.07) is 8.20. The summed E-state index contributed by atoms with van der Waals surface area (Å²) >= 11 is 1.87. The van der Waals surface area contributed by atoms with Crippen LogP contribution in [0.25, 0.3) is 0 Å². The molecule has 23 heavy (non-hydrogen) atoms. The minimum atomic E-state index is 0.408. The van der Waals surface area contributed by atoms with E-state index < -0.39 is 0 Å². The van der Waals surface area contributed by atoms with E-state index in [9.17, 15) is 0 Å². The van der Waals surface area contributed by atoms with Crippen LogP contribution in [0.15, 0.2) is 35.8 Å². The third-order valence-electron chi connectivity index (χ3n) is 5.06. The van der Waals surface area contributed by atoms with Crippen LogP contribution < -0.4 is 5.32 Å². The summed E-state index contributed by atoms with van der Waals surface area (Å²) in [5.41, 5.74) is 1.42. The van der Waals surface area contributed by atoms with Gasteiger partial charge in [0.25, 0.3) is 0 Å². The predicted octanol–water partition coefficient (Wildman–Crippen LogP) is 3.01. The molecule has 2 aliphatic heterocycles. The summed E-state index contributed by atoms with van der Waals surface area (Å²) in [6.45, 7) is 7.32. The Morgan fingerprint density at radius 2 is 2.30 bits per heavy atom. The van der Waals surface area contributed by atoms with Crippen LogP contribution in [0.3, 0.4) is 0 Å². The van der Waals surface area contributed by atoms with Gasteiger partial charge in [0.05, 0.1) is 12.7 Å². The van der Waals surface area contributed by atoms with Crippen LogP contribution in [0, 0.1) is 18.8 Å². The minimum Gasteiger partial charge on any atom is -0.376 e. The van der Waals surface area contributed by atoms with Crippen LogP contribution in [-0.4, -0.2) is 42.2 Å². The monoisotopic (exact) mass is 329 g/mol. The molecule has 3 atom stereocenters. The van der Waals surface area contributed by atoms with E-state index in [4.69, 9.17) is 4.74 Å². The molecular formula is C18H23N3OS. The van der Waals surface area contributed by atoms with Gasteiger partial charge in [-0.1, -0.05) is 6.07 Å². The first kappa shape index (κ1) is 15.1. The van der Waals surface area contributed by atoms with Crippen LogP contribution >= 0.6 is 11.3 Å². The average molecular weight is 329 g/mol. The van der Waals surface area contributed by atoms with E-state index in [0.29, 0.717) is 17.9 Å². The van der Waals surface area contributed by atoms with Gasteiger partial charge in [0.1, 0.15) is 5.82 Å². The highest BCUT2D eigenvalue weighted by molar-refractivity contribution is 7.10. The smallest absolute Gasteiger partial charge is 0.125 e. The number of rotatable bonds is 5. The Balaban J connectivity index is 1.33. The van der Waals surface area contributed by atoms with Crippen molar-refractivity contribution in [3.63, 3.8) is 0 Å². The Kier molecular flexibility index (Phi) is 4.33. The maximum Gasteiger partial charge on any atom is 0.125 e. The molecule has 2 saturated heterocycles. The number of thiophene rings is 1. The fourth-order valence-corrected chi connectivity index (χ4v) is 4.64. The standard InChI is InChI=1S/C18H23N3OS/c1-13-5-7-23-17(13)11-21-9-15-14(12-22-16(15)10-21)8-20-18-4-2-3-6-19-18/h2-7,14-16H,8-12H2,1H3,(H,19,20)/t14-,15+,16+/m0/s1. The Hall–Kier alpha value is -1.43. The van der Waals surface area contributed by atoms with E-state index in [0.717, 1.165) is 38.6 Å². The summed E-state index contributed by atoms with van der Waals surface area (Å²) < 4.78 is 6.06. The van der Waals surface area contributed by atoms with Gasteiger partial charge < -0.3 is 10.1 Å². The molecule has 4 heterocycles. The van der Waals surface area contributed by atoms with Crippen LogP contribution in [0.1, 0.15) is 10.4 Å². The number of aryl methyl sites for hydroxylation is 1. The molecule has 0 bridgehead atoms. The third-order valence-corrected chi connectivity index (χ3v) is 6.07. The topological polar surface area (TPSA) is 37.4 Å². The van der Waals surface area contributed by atoms with Crippen LogP contribution in [0.4, 0.5) is 5.82 Å². The van der Waals surface area contributed by atoms with Gasteiger partial charge in [-0.05, 0) is 36.1 Å². The first-order chi connectivity index (χ1) is 11.3. The number of pyridine rings is 1. The van der Waals surface area contributed by atoms with Crippen LogP contribution in [0.5, 0.6) is 0 Å². The first-order valence-electron chi connectivity index (χ1n) is 8.31. The molecular weight excluding hydrogens is 306 g/mol. The maximum absolute atomic E-state index is 6.06. The van der Waals surface area contributed by atoms with Gasteiger partial charge in [-0.3, -0.25) is 4.90 Å². The zero-order valence-corrected chi connectivity index (χ0v) is 14.3. The molecule has 0 radical (unpaired) electrons. The Morgan fingerprint density at radius 1 is 1.35 bits per heavy atom. The molecule has 2 aromatic heterocycles. The minimum absolute atomic E-state index is 0.408. The zero-order valence-electron chi connectivity index (χ0n) is 13.4. The lowest BCUT2D eigenvalue weighted by Crippen LogP contribution is -2.27. The molecule has 4 nitrogen and oxygen atoms in total. The van der Waals surface area contributed by atoms with Gasteiger partial charge in [-0.2, -0.15) is 0 Å². The molecule has 2 fully saturated rings. The molecule has 0 aromatic carbocycles. The van der Waals surface area contributed by atoms with E-state index in [1.807, 2.05) is 35.7 Å². The van der Waals surface area contributed by atoms with Crippen molar-refractivity contribution in [2.45, 2.75) is 19.6 Å². The third kappa shape index (κ3) is 3.27. The molecule has 122 valence electrons. The van der Waals surface area contributed by atoms with Crippen LogP contribution in [-0.2, 0) is 11.3 Å². The Morgan fingerprint density at radius 3 is 3.09 bits per heavy atom. The van der Waals surface area contributed by atoms with Crippen molar-refractivity contribution >= 4 is 17.2 Å². The van der Waals surface area contributed by atoms with E-state index in [2.05, 4.69) is 33.6 Å². The fourth-order valence-electron chi connectivity index (χ4n) is 3.69. The van der Waals surface area contributed by atoms with Crippen molar-refractivity contribution in [1.29, 1.82) is 0 Å². The number of nitrogens with zero attached hydrogens (tertiary/aromatic N) is 2. The van der Waals surface area contributed by atoms with Crippen molar-refractivity contribution in [3.8, 4) is 0 Å². The lowest BCUT2D eigenvalue weighted by atomic mass is 9.93. The summed E-state index contributed by atoms with van der Waals surface area (Å²) in [6.07, 6.45) is 2.24. The van der Waals surface area contributed by atoms with E-state index in [1.54, 1.807) is 0 Å². The van der Waals surface area contributed by atoms with Gasteiger partial charge >= 0.3 is 0 Å². The molecule has 0 spiro atoms. The highest BCUT2D eigenvalue weighted by atomic mass is 32.1. The van der Waals surface area contributed by atoms with E-state index in [1.165, 1.54) is 10.4 Å². The molecule has 5 heteroatoms. The van der Waals surface area contributed by atoms with Gasteiger partial charge in [0.15, 0.2) is 0 Å². The highest BCUT2D eigenvalue weighted by Gasteiger charge is 2.43. The van der Waals surface area contributed by atoms with Crippen molar-refractivity contribution in [2.75, 3.05) is 31.6 Å².